The molecular weight excluding hydrogens is 585 g/mol. The van der Waals surface area contributed by atoms with Crippen molar-refractivity contribution in [3.8, 4) is 0 Å². The second-order valence-corrected chi connectivity index (χ2v) is 9.26. The molecule has 1 fully saturated rings. The van der Waals surface area contributed by atoms with Crippen molar-refractivity contribution in [2.24, 2.45) is 17.4 Å². The van der Waals surface area contributed by atoms with Gasteiger partial charge >= 0.3 is 31.4 Å². The molecule has 14 nitrogen and oxygen atoms in total. The molecule has 1 aliphatic rings. The molecule has 1 aliphatic heterocycles. The van der Waals surface area contributed by atoms with Gasteiger partial charge in [-0.3, -0.25) is 10.5 Å². The summed E-state index contributed by atoms with van der Waals surface area (Å²) in [6.07, 6.45) is -9.24. The Labute approximate surface area is 220 Å². The van der Waals surface area contributed by atoms with E-state index in [1.54, 1.807) is 6.92 Å². The maximum atomic E-state index is 12.2. The predicted octanol–water partition coefficient (Wildman–Crippen LogP) is -1.44. The van der Waals surface area contributed by atoms with E-state index >= 15 is 0 Å². The van der Waals surface area contributed by atoms with Gasteiger partial charge in [-0.05, 0) is 19.7 Å². The highest BCUT2D eigenvalue weighted by Gasteiger charge is 2.49. The van der Waals surface area contributed by atoms with Crippen LogP contribution in [0.5, 0.6) is 0 Å². The Hall–Kier alpha value is -1.89. The number of carboxylic acid groups (broad SMARTS) is 2. The van der Waals surface area contributed by atoms with Gasteiger partial charge in [-0.15, -0.1) is 0 Å². The summed E-state index contributed by atoms with van der Waals surface area (Å²) in [5.41, 5.74) is 10.1. The number of ether oxygens (including phenoxy) is 1. The third-order valence-corrected chi connectivity index (χ3v) is 5.72. The molecule has 0 saturated carbocycles. The number of hydrogen-bond acceptors (Lipinski definition) is 10. The zero-order chi connectivity index (χ0) is 29.8. The molecule has 23 heteroatoms. The topological polar surface area (TPSA) is 243 Å². The Morgan fingerprint density at radius 1 is 1.18 bits per heavy atom. The van der Waals surface area contributed by atoms with Crippen molar-refractivity contribution in [3.05, 3.63) is 0 Å². The minimum Gasteiger partial charge on any atom is -0.475 e. The van der Waals surface area contributed by atoms with Gasteiger partial charge in [0.1, 0.15) is 0 Å². The molecule has 0 amide bonds. The van der Waals surface area contributed by atoms with E-state index in [2.05, 4.69) is 4.72 Å². The first-order chi connectivity index (χ1) is 16.5. The van der Waals surface area contributed by atoms with Gasteiger partial charge in [0.15, 0.2) is 5.72 Å². The quantitative estimate of drug-likeness (QED) is 0.0648. The highest BCUT2D eigenvalue weighted by molar-refractivity contribution is 7.87. The SMILES string of the molecule is C[C@H](N)CNS(=O)(=O)N1C[C@H](CCCB(O)O)[C@](N)(OC=O)C1.O=C(O)C(F)(F)F.O=C(O)C(F)(F)F.S. The first kappa shape index (κ1) is 40.6. The van der Waals surface area contributed by atoms with Crippen LogP contribution in [0.1, 0.15) is 19.8 Å². The summed E-state index contributed by atoms with van der Waals surface area (Å²) in [6, 6.07) is -0.344. The van der Waals surface area contributed by atoms with E-state index in [4.69, 9.17) is 46.1 Å². The van der Waals surface area contributed by atoms with Crippen LogP contribution < -0.4 is 16.2 Å². The highest BCUT2D eigenvalue weighted by Crippen LogP contribution is 2.32. The molecule has 0 aromatic heterocycles. The average molecular weight is 614 g/mol. The van der Waals surface area contributed by atoms with Crippen molar-refractivity contribution in [2.75, 3.05) is 19.6 Å². The number of alkyl halides is 6. The normalized spacial score (nSPS) is 20.4. The maximum Gasteiger partial charge on any atom is 0.490 e. The number of carbonyl (C=O) groups is 3. The number of carboxylic acids is 2. The Bertz CT molecular complexity index is 827. The van der Waals surface area contributed by atoms with Gasteiger partial charge in [0.2, 0.25) is 0 Å². The van der Waals surface area contributed by atoms with Gasteiger partial charge in [0.05, 0.1) is 6.54 Å². The van der Waals surface area contributed by atoms with Crippen LogP contribution in [-0.4, -0.2) is 102 Å². The number of halogens is 6. The number of carbonyl (C=O) groups excluding carboxylic acids is 1. The smallest absolute Gasteiger partial charge is 0.475 e. The van der Waals surface area contributed by atoms with Crippen molar-refractivity contribution in [1.82, 2.24) is 9.03 Å². The number of nitrogens with two attached hydrogens (primary N) is 2. The lowest BCUT2D eigenvalue weighted by molar-refractivity contribution is -0.193. The van der Waals surface area contributed by atoms with E-state index < -0.39 is 53.3 Å². The van der Waals surface area contributed by atoms with Crippen LogP contribution >= 0.6 is 13.5 Å². The molecule has 0 aromatic rings. The van der Waals surface area contributed by atoms with E-state index in [1.165, 1.54) is 0 Å². The predicted molar refractivity (Wildman–Crippen MR) is 122 cm³/mol. The summed E-state index contributed by atoms with van der Waals surface area (Å²) in [5.74, 6) is -5.96. The summed E-state index contributed by atoms with van der Waals surface area (Å²) >= 11 is 0. The molecule has 38 heavy (non-hydrogen) atoms. The Kier molecular flexibility index (Phi) is 18.1. The van der Waals surface area contributed by atoms with Crippen LogP contribution in [0.3, 0.4) is 0 Å². The Balaban J connectivity index is -0.000000672. The van der Waals surface area contributed by atoms with Crippen LogP contribution in [0.25, 0.3) is 0 Å². The van der Waals surface area contributed by atoms with E-state index in [1.807, 2.05) is 0 Å². The Morgan fingerprint density at radius 3 is 1.92 bits per heavy atom. The van der Waals surface area contributed by atoms with E-state index in [0.717, 1.165) is 4.31 Å². The molecule has 9 N–H and O–H groups in total. The first-order valence-corrected chi connectivity index (χ1v) is 11.3. The molecule has 0 spiro atoms. The van der Waals surface area contributed by atoms with Crippen molar-refractivity contribution >= 4 is 49.2 Å². The van der Waals surface area contributed by atoms with Gasteiger partial charge < -0.3 is 30.7 Å². The summed E-state index contributed by atoms with van der Waals surface area (Å²) in [4.78, 5) is 28.5. The fourth-order valence-electron chi connectivity index (χ4n) is 2.49. The summed E-state index contributed by atoms with van der Waals surface area (Å²) in [6.45, 7) is 1.83. The molecular formula is C15H29BF6N4O10S2. The van der Waals surface area contributed by atoms with E-state index in [-0.39, 0.29) is 52.0 Å². The van der Waals surface area contributed by atoms with Gasteiger partial charge in [-0.25, -0.2) is 14.3 Å². The highest BCUT2D eigenvalue weighted by atomic mass is 32.2. The lowest BCUT2D eigenvalue weighted by Gasteiger charge is -2.28. The van der Waals surface area contributed by atoms with Crippen LogP contribution in [0.2, 0.25) is 6.32 Å². The molecule has 0 aliphatic carbocycles. The second kappa shape index (κ2) is 16.9. The summed E-state index contributed by atoms with van der Waals surface area (Å²) in [7, 11) is -5.23. The molecule has 0 radical (unpaired) electrons. The van der Waals surface area contributed by atoms with Crippen molar-refractivity contribution in [2.45, 2.75) is 50.2 Å². The van der Waals surface area contributed by atoms with Crippen LogP contribution in [0, 0.1) is 5.92 Å². The van der Waals surface area contributed by atoms with E-state index in [9.17, 15) is 39.6 Å². The lowest BCUT2D eigenvalue weighted by Crippen LogP contribution is -2.51. The number of rotatable bonds is 10. The van der Waals surface area contributed by atoms with E-state index in [0.29, 0.717) is 12.8 Å². The average Bonchev–Trinajstić information content (AvgIpc) is 3.03. The third-order valence-electron chi connectivity index (χ3n) is 4.23. The van der Waals surface area contributed by atoms with Gasteiger partial charge in [0, 0.05) is 25.0 Å². The number of nitrogens with one attached hydrogen (secondary N) is 1. The zero-order valence-electron chi connectivity index (χ0n) is 19.6. The molecule has 226 valence electrons. The number of hydrogen-bond donors (Lipinski definition) is 7. The monoisotopic (exact) mass is 614 g/mol. The van der Waals surface area contributed by atoms with Crippen LogP contribution in [0.4, 0.5) is 26.3 Å². The fourth-order valence-corrected chi connectivity index (χ4v) is 3.89. The largest absolute Gasteiger partial charge is 0.490 e. The molecule has 1 heterocycles. The maximum absolute atomic E-state index is 12.2. The fraction of sp³-hybridized carbons (Fsp3) is 0.800. The molecule has 0 aromatic carbocycles. The minimum atomic E-state index is -5.08. The van der Waals surface area contributed by atoms with Gasteiger partial charge in [-0.1, -0.05) is 6.42 Å². The lowest BCUT2D eigenvalue weighted by atomic mass is 9.81. The summed E-state index contributed by atoms with van der Waals surface area (Å²) in [5, 5.41) is 32.0. The second-order valence-electron chi connectivity index (χ2n) is 7.51. The molecule has 1 saturated heterocycles. The third kappa shape index (κ3) is 16.9. The van der Waals surface area contributed by atoms with Gasteiger partial charge in [0.25, 0.3) is 16.7 Å². The molecule has 0 bridgehead atoms. The Morgan fingerprint density at radius 2 is 1.61 bits per heavy atom. The summed E-state index contributed by atoms with van der Waals surface area (Å²) < 4.78 is 96.3. The standard InChI is InChI=1S/C11H25BN4O6S.2C2HF3O2.H2S/c1-9(13)5-15-23(20,21)16-6-10(3-2-4-12(18)19)11(14,7-16)22-8-17;2*3-2(4,5)1(6)7;/h8-10,15,18-19H,2-7,13-14H2,1H3;2*(H,6,7);1H2/t9-,10-,11+;;;/m0.../s1. The van der Waals surface area contributed by atoms with Gasteiger partial charge in [-0.2, -0.15) is 52.6 Å². The molecule has 3 atom stereocenters. The number of nitrogens with zero attached hydrogens (tertiary/aromatic N) is 1. The minimum absolute atomic E-state index is 0. The van der Waals surface area contributed by atoms with Crippen molar-refractivity contribution < 1.29 is 74.1 Å². The van der Waals surface area contributed by atoms with Crippen LogP contribution in [-0.2, 0) is 29.3 Å². The molecule has 0 unspecified atom stereocenters. The molecule has 1 rings (SSSR count). The van der Waals surface area contributed by atoms with Crippen LogP contribution in [0.15, 0.2) is 0 Å². The van der Waals surface area contributed by atoms with Crippen molar-refractivity contribution in [3.63, 3.8) is 0 Å². The first-order valence-electron chi connectivity index (χ1n) is 9.86. The number of aliphatic carboxylic acids is 2. The van der Waals surface area contributed by atoms with Crippen molar-refractivity contribution in [1.29, 1.82) is 0 Å². The zero-order valence-corrected chi connectivity index (χ0v) is 21.4.